The molecule has 4 heterocycles. The Labute approximate surface area is 189 Å². The maximum Gasteiger partial charge on any atom is 0.275 e. The van der Waals surface area contributed by atoms with Gasteiger partial charge in [0.25, 0.3) is 11.3 Å². The van der Waals surface area contributed by atoms with E-state index in [0.29, 0.717) is 6.54 Å². The van der Waals surface area contributed by atoms with Gasteiger partial charge in [0.15, 0.2) is 11.4 Å². The van der Waals surface area contributed by atoms with Crippen molar-refractivity contribution in [3.63, 3.8) is 0 Å². The molecule has 0 unspecified atom stereocenters. The van der Waals surface area contributed by atoms with E-state index in [9.17, 15) is 14.7 Å². The molecule has 1 amide bonds. The van der Waals surface area contributed by atoms with Gasteiger partial charge in [0.05, 0.1) is 18.3 Å². The van der Waals surface area contributed by atoms with Gasteiger partial charge in [-0.05, 0) is 25.0 Å². The van der Waals surface area contributed by atoms with Gasteiger partial charge in [-0.3, -0.25) is 14.3 Å². The molecule has 1 saturated carbocycles. The number of aromatic nitrogens is 6. The maximum atomic E-state index is 12.2. The summed E-state index contributed by atoms with van der Waals surface area (Å²) in [5, 5.41) is 17.8. The van der Waals surface area contributed by atoms with Gasteiger partial charge in [0.2, 0.25) is 0 Å². The summed E-state index contributed by atoms with van der Waals surface area (Å²) >= 11 is 0. The highest BCUT2D eigenvalue weighted by Crippen LogP contribution is 2.42. The summed E-state index contributed by atoms with van der Waals surface area (Å²) in [6.07, 6.45) is 13.9. The Bertz CT molecular complexity index is 1390. The molecule has 1 fully saturated rings. The van der Waals surface area contributed by atoms with Crippen LogP contribution in [0.1, 0.15) is 36.2 Å². The zero-order valence-corrected chi connectivity index (χ0v) is 18.1. The third-order valence-corrected chi connectivity index (χ3v) is 6.33. The molecule has 0 spiro atoms. The fourth-order valence-corrected chi connectivity index (χ4v) is 4.77. The number of rotatable bonds is 5. The van der Waals surface area contributed by atoms with Gasteiger partial charge in [-0.25, -0.2) is 15.0 Å². The van der Waals surface area contributed by atoms with Crippen LogP contribution in [-0.4, -0.2) is 47.4 Å². The van der Waals surface area contributed by atoms with Crippen molar-refractivity contribution in [1.29, 1.82) is 0 Å². The zero-order chi connectivity index (χ0) is 23.0. The van der Waals surface area contributed by atoms with Crippen LogP contribution in [0.15, 0.2) is 54.2 Å². The molecule has 10 nitrogen and oxygen atoms in total. The average Bonchev–Trinajstić information content (AvgIpc) is 3.47. The topological polar surface area (TPSA) is 128 Å². The van der Waals surface area contributed by atoms with Crippen LogP contribution in [0, 0.1) is 0 Å². The smallest absolute Gasteiger partial charge is 0.275 e. The van der Waals surface area contributed by atoms with Gasteiger partial charge in [-0.1, -0.05) is 12.8 Å². The minimum Gasteiger partial charge on any atom is -0.503 e. The van der Waals surface area contributed by atoms with Crippen molar-refractivity contribution < 1.29 is 9.90 Å². The van der Waals surface area contributed by atoms with Crippen LogP contribution in [0.3, 0.4) is 0 Å². The quantitative estimate of drug-likeness (QED) is 0.481. The number of fused-ring (bicyclic) bond motifs is 1. The average molecular weight is 445 g/mol. The lowest BCUT2D eigenvalue weighted by Gasteiger charge is -2.32. The SMILES string of the molecule is CNC(=O)c1nn(CC2(n3cc(-c4cncnc4)c4cccnc43)CCCC2)cc(O)c1=O. The van der Waals surface area contributed by atoms with Gasteiger partial charge in [0, 0.05) is 48.3 Å². The summed E-state index contributed by atoms with van der Waals surface area (Å²) < 4.78 is 3.67. The highest BCUT2D eigenvalue weighted by atomic mass is 16.3. The number of aromatic hydroxyl groups is 1. The number of pyridine rings is 1. The van der Waals surface area contributed by atoms with E-state index in [1.54, 1.807) is 18.6 Å². The van der Waals surface area contributed by atoms with Crippen LogP contribution in [0.4, 0.5) is 0 Å². The van der Waals surface area contributed by atoms with Crippen molar-refractivity contribution in [2.75, 3.05) is 7.05 Å². The molecule has 4 aromatic heterocycles. The van der Waals surface area contributed by atoms with E-state index in [0.717, 1.165) is 47.8 Å². The molecule has 0 radical (unpaired) electrons. The van der Waals surface area contributed by atoms with Gasteiger partial charge in [-0.2, -0.15) is 5.10 Å². The first kappa shape index (κ1) is 20.8. The molecule has 0 bridgehead atoms. The van der Waals surface area contributed by atoms with Crippen molar-refractivity contribution in [3.05, 3.63) is 65.4 Å². The fraction of sp³-hybridized carbons (Fsp3) is 0.304. The standard InChI is InChI=1S/C23H23N7O3/c1-24-22(33)19-20(32)18(31)12-29(28-19)13-23(6-2-3-7-23)30-11-17(15-9-25-14-26-10-15)16-5-4-8-27-21(16)30/h4-5,8-12,14,31H,2-3,6-7,13H2,1H3,(H,24,33). The Morgan fingerprint density at radius 2 is 1.97 bits per heavy atom. The number of carbonyl (C=O) groups is 1. The van der Waals surface area contributed by atoms with Crippen molar-refractivity contribution in [1.82, 2.24) is 34.6 Å². The second-order valence-corrected chi connectivity index (χ2v) is 8.31. The first-order chi connectivity index (χ1) is 16.0. The fourth-order valence-electron chi connectivity index (χ4n) is 4.77. The van der Waals surface area contributed by atoms with Crippen LogP contribution in [0.25, 0.3) is 22.2 Å². The van der Waals surface area contributed by atoms with Crippen molar-refractivity contribution in [3.8, 4) is 16.9 Å². The molecule has 1 aliphatic rings. The Kier molecular flexibility index (Phi) is 5.12. The summed E-state index contributed by atoms with van der Waals surface area (Å²) in [4.78, 5) is 37.4. The highest BCUT2D eigenvalue weighted by Gasteiger charge is 2.38. The summed E-state index contributed by atoms with van der Waals surface area (Å²) in [7, 11) is 1.42. The first-order valence-electron chi connectivity index (χ1n) is 10.8. The number of nitrogens with one attached hydrogen (secondary N) is 1. The Balaban J connectivity index is 1.66. The molecular formula is C23H23N7O3. The Morgan fingerprint density at radius 1 is 1.21 bits per heavy atom. The van der Waals surface area contributed by atoms with Crippen LogP contribution in [0.2, 0.25) is 0 Å². The molecule has 33 heavy (non-hydrogen) atoms. The lowest BCUT2D eigenvalue weighted by molar-refractivity contribution is 0.0952. The van der Waals surface area contributed by atoms with Crippen LogP contribution in [0.5, 0.6) is 5.75 Å². The van der Waals surface area contributed by atoms with Crippen molar-refractivity contribution in [2.24, 2.45) is 0 Å². The molecule has 1 aliphatic carbocycles. The minimum atomic E-state index is -0.787. The molecule has 4 aromatic rings. The number of nitrogens with zero attached hydrogens (tertiary/aromatic N) is 6. The number of hydrogen-bond acceptors (Lipinski definition) is 7. The molecule has 0 aliphatic heterocycles. The van der Waals surface area contributed by atoms with E-state index >= 15 is 0 Å². The Hall–Kier alpha value is -4.08. The molecule has 0 atom stereocenters. The minimum absolute atomic E-state index is 0.330. The van der Waals surface area contributed by atoms with E-state index in [2.05, 4.69) is 36.1 Å². The first-order valence-corrected chi connectivity index (χ1v) is 10.8. The van der Waals surface area contributed by atoms with E-state index in [1.807, 2.05) is 12.1 Å². The monoisotopic (exact) mass is 445 g/mol. The number of amides is 1. The van der Waals surface area contributed by atoms with Crippen LogP contribution in [-0.2, 0) is 12.1 Å². The summed E-state index contributed by atoms with van der Waals surface area (Å²) in [6, 6.07) is 3.93. The third-order valence-electron chi connectivity index (χ3n) is 6.33. The Morgan fingerprint density at radius 3 is 2.70 bits per heavy atom. The van der Waals surface area contributed by atoms with Crippen molar-refractivity contribution >= 4 is 16.9 Å². The number of hydrogen-bond donors (Lipinski definition) is 2. The van der Waals surface area contributed by atoms with Crippen LogP contribution < -0.4 is 10.7 Å². The number of carbonyl (C=O) groups excluding carboxylic acids is 1. The van der Waals surface area contributed by atoms with E-state index in [1.165, 1.54) is 24.3 Å². The predicted molar refractivity (Wildman–Crippen MR) is 121 cm³/mol. The second kappa shape index (κ2) is 8.12. The molecule has 2 N–H and O–H groups in total. The summed E-state index contributed by atoms with van der Waals surface area (Å²) in [5.74, 6) is -1.14. The molecule has 0 saturated heterocycles. The highest BCUT2D eigenvalue weighted by molar-refractivity contribution is 5.94. The van der Waals surface area contributed by atoms with Crippen LogP contribution >= 0.6 is 0 Å². The second-order valence-electron chi connectivity index (χ2n) is 8.31. The normalized spacial score (nSPS) is 15.1. The molecule has 0 aromatic carbocycles. The van der Waals surface area contributed by atoms with Gasteiger partial charge in [0.1, 0.15) is 12.0 Å². The van der Waals surface area contributed by atoms with E-state index in [4.69, 9.17) is 0 Å². The van der Waals surface area contributed by atoms with Gasteiger partial charge in [-0.15, -0.1) is 0 Å². The lowest BCUT2D eigenvalue weighted by Crippen LogP contribution is -2.37. The maximum absolute atomic E-state index is 12.2. The van der Waals surface area contributed by atoms with Gasteiger partial charge < -0.3 is 15.0 Å². The zero-order valence-electron chi connectivity index (χ0n) is 18.1. The largest absolute Gasteiger partial charge is 0.503 e. The van der Waals surface area contributed by atoms with E-state index in [-0.39, 0.29) is 5.69 Å². The molecule has 5 rings (SSSR count). The summed E-state index contributed by atoms with van der Waals surface area (Å²) in [5.41, 5.74) is 1.19. The van der Waals surface area contributed by atoms with Gasteiger partial charge >= 0.3 is 0 Å². The van der Waals surface area contributed by atoms with E-state index < -0.39 is 22.6 Å². The molecular weight excluding hydrogens is 422 g/mol. The predicted octanol–water partition coefficient (Wildman–Crippen LogP) is 2.08. The third kappa shape index (κ3) is 3.53. The van der Waals surface area contributed by atoms with Crippen molar-refractivity contribution in [2.45, 2.75) is 37.8 Å². The summed E-state index contributed by atoms with van der Waals surface area (Å²) in [6.45, 7) is 0.371. The molecule has 168 valence electrons. The lowest BCUT2D eigenvalue weighted by atomic mass is 9.97. The molecule has 10 heteroatoms.